The van der Waals surface area contributed by atoms with Crippen molar-refractivity contribution in [1.82, 2.24) is 5.32 Å². The Labute approximate surface area is 137 Å². The standard InChI is InChI=1S/C20H23NO2/c1-23-18-9-5-6-16(14-18)10-11-19(22)21-15-20(12-13-20)17-7-3-2-4-8-17/h2-9,14H,10-13,15H2,1H3,(H,21,22). The number of amides is 1. The predicted octanol–water partition coefficient (Wildman–Crippen LogP) is 3.48. The fourth-order valence-electron chi connectivity index (χ4n) is 2.95. The van der Waals surface area contributed by atoms with Gasteiger partial charge in [0.2, 0.25) is 5.91 Å². The Morgan fingerprint density at radius 1 is 1.13 bits per heavy atom. The van der Waals surface area contributed by atoms with Crippen molar-refractivity contribution >= 4 is 5.91 Å². The number of aryl methyl sites for hydroxylation is 1. The molecule has 0 atom stereocenters. The number of benzene rings is 2. The molecule has 0 radical (unpaired) electrons. The van der Waals surface area contributed by atoms with Gasteiger partial charge in [0.15, 0.2) is 0 Å². The summed E-state index contributed by atoms with van der Waals surface area (Å²) in [5.74, 6) is 0.957. The summed E-state index contributed by atoms with van der Waals surface area (Å²) < 4.78 is 5.21. The molecular weight excluding hydrogens is 286 g/mol. The highest BCUT2D eigenvalue weighted by Gasteiger charge is 2.44. The van der Waals surface area contributed by atoms with Gasteiger partial charge < -0.3 is 10.1 Å². The van der Waals surface area contributed by atoms with Gasteiger partial charge >= 0.3 is 0 Å². The monoisotopic (exact) mass is 309 g/mol. The van der Waals surface area contributed by atoms with E-state index in [1.165, 1.54) is 5.56 Å². The van der Waals surface area contributed by atoms with Crippen molar-refractivity contribution in [2.75, 3.05) is 13.7 Å². The highest BCUT2D eigenvalue weighted by molar-refractivity contribution is 5.76. The summed E-state index contributed by atoms with van der Waals surface area (Å²) in [4.78, 5) is 12.1. The van der Waals surface area contributed by atoms with Crippen LogP contribution < -0.4 is 10.1 Å². The maximum Gasteiger partial charge on any atom is 0.220 e. The van der Waals surface area contributed by atoms with Gasteiger partial charge in [-0.3, -0.25) is 4.79 Å². The van der Waals surface area contributed by atoms with E-state index in [4.69, 9.17) is 4.74 Å². The molecule has 3 nitrogen and oxygen atoms in total. The third-order valence-corrected chi connectivity index (χ3v) is 4.64. The van der Waals surface area contributed by atoms with Gasteiger partial charge in [-0.1, -0.05) is 42.5 Å². The van der Waals surface area contributed by atoms with Crippen LogP contribution in [0.1, 0.15) is 30.4 Å². The Morgan fingerprint density at radius 3 is 2.61 bits per heavy atom. The Hall–Kier alpha value is -2.29. The molecule has 3 heteroatoms. The second-order valence-corrected chi connectivity index (χ2v) is 6.27. The second kappa shape index (κ2) is 6.86. The summed E-state index contributed by atoms with van der Waals surface area (Å²) in [5, 5.41) is 3.11. The van der Waals surface area contributed by atoms with E-state index in [0.717, 1.165) is 37.1 Å². The van der Waals surface area contributed by atoms with Gasteiger partial charge in [-0.2, -0.15) is 0 Å². The minimum Gasteiger partial charge on any atom is -0.497 e. The van der Waals surface area contributed by atoms with Gasteiger partial charge in [-0.05, 0) is 42.5 Å². The maximum absolute atomic E-state index is 12.1. The van der Waals surface area contributed by atoms with E-state index in [9.17, 15) is 4.79 Å². The highest BCUT2D eigenvalue weighted by Crippen LogP contribution is 2.47. The zero-order chi connectivity index (χ0) is 16.1. The molecule has 1 amide bonds. The molecule has 0 aromatic heterocycles. The van der Waals surface area contributed by atoms with Crippen LogP contribution in [0.4, 0.5) is 0 Å². The maximum atomic E-state index is 12.1. The Balaban J connectivity index is 1.48. The number of ether oxygens (including phenoxy) is 1. The van der Waals surface area contributed by atoms with E-state index in [1.54, 1.807) is 7.11 Å². The first-order valence-electron chi connectivity index (χ1n) is 8.17. The van der Waals surface area contributed by atoms with Crippen LogP contribution in [0, 0.1) is 0 Å². The summed E-state index contributed by atoms with van der Waals surface area (Å²) >= 11 is 0. The molecule has 1 aliphatic rings. The SMILES string of the molecule is COc1cccc(CCC(=O)NCC2(c3ccccc3)CC2)c1. The third kappa shape index (κ3) is 3.92. The molecule has 1 N–H and O–H groups in total. The number of carbonyl (C=O) groups excluding carboxylic acids is 1. The molecule has 1 saturated carbocycles. The van der Waals surface area contributed by atoms with Gasteiger partial charge in [0.1, 0.15) is 5.75 Å². The van der Waals surface area contributed by atoms with Gasteiger partial charge in [0.25, 0.3) is 0 Å². The van der Waals surface area contributed by atoms with Crippen molar-refractivity contribution in [3.05, 3.63) is 65.7 Å². The zero-order valence-electron chi connectivity index (χ0n) is 13.5. The first kappa shape index (κ1) is 15.6. The first-order valence-corrected chi connectivity index (χ1v) is 8.17. The van der Waals surface area contributed by atoms with Crippen molar-refractivity contribution in [2.45, 2.75) is 31.1 Å². The van der Waals surface area contributed by atoms with E-state index in [-0.39, 0.29) is 11.3 Å². The average Bonchev–Trinajstić information content (AvgIpc) is 3.40. The molecular formula is C20H23NO2. The first-order chi connectivity index (χ1) is 11.2. The zero-order valence-corrected chi connectivity index (χ0v) is 13.5. The molecule has 0 heterocycles. The Morgan fingerprint density at radius 2 is 1.91 bits per heavy atom. The van der Waals surface area contributed by atoms with Crippen LogP contribution in [0.2, 0.25) is 0 Å². The predicted molar refractivity (Wildman–Crippen MR) is 91.7 cm³/mol. The largest absolute Gasteiger partial charge is 0.497 e. The molecule has 0 unspecified atom stereocenters. The summed E-state index contributed by atoms with van der Waals surface area (Å²) in [5.41, 5.74) is 2.64. The van der Waals surface area contributed by atoms with Crippen molar-refractivity contribution in [3.63, 3.8) is 0 Å². The summed E-state index contributed by atoms with van der Waals surface area (Å²) in [6.45, 7) is 0.744. The van der Waals surface area contributed by atoms with E-state index >= 15 is 0 Å². The quantitative estimate of drug-likeness (QED) is 0.850. The molecule has 2 aromatic rings. The molecule has 120 valence electrons. The van der Waals surface area contributed by atoms with Crippen LogP contribution in [0.5, 0.6) is 5.75 Å². The summed E-state index contributed by atoms with van der Waals surface area (Å²) in [7, 11) is 1.66. The van der Waals surface area contributed by atoms with E-state index < -0.39 is 0 Å². The number of hydrogen-bond donors (Lipinski definition) is 1. The van der Waals surface area contributed by atoms with Crippen LogP contribution in [0.25, 0.3) is 0 Å². The fraction of sp³-hybridized carbons (Fsp3) is 0.350. The fourth-order valence-corrected chi connectivity index (χ4v) is 2.95. The third-order valence-electron chi connectivity index (χ3n) is 4.64. The molecule has 3 rings (SSSR count). The van der Waals surface area contributed by atoms with E-state index in [2.05, 4.69) is 29.6 Å². The Kier molecular flexibility index (Phi) is 4.65. The van der Waals surface area contributed by atoms with Gasteiger partial charge in [-0.15, -0.1) is 0 Å². The van der Waals surface area contributed by atoms with Crippen molar-refractivity contribution in [3.8, 4) is 5.75 Å². The van der Waals surface area contributed by atoms with Crippen molar-refractivity contribution in [2.24, 2.45) is 0 Å². The number of nitrogens with one attached hydrogen (secondary N) is 1. The lowest BCUT2D eigenvalue weighted by Crippen LogP contribution is -2.32. The van der Waals surface area contributed by atoms with Gasteiger partial charge in [0, 0.05) is 18.4 Å². The normalized spacial score (nSPS) is 15.0. The lowest BCUT2D eigenvalue weighted by Gasteiger charge is -2.16. The van der Waals surface area contributed by atoms with Crippen molar-refractivity contribution < 1.29 is 9.53 Å². The molecule has 1 fully saturated rings. The van der Waals surface area contributed by atoms with Crippen LogP contribution in [-0.4, -0.2) is 19.6 Å². The van der Waals surface area contributed by atoms with E-state index in [0.29, 0.717) is 6.42 Å². The minimum absolute atomic E-state index is 0.120. The number of carbonyl (C=O) groups is 1. The van der Waals surface area contributed by atoms with Crippen LogP contribution in [-0.2, 0) is 16.6 Å². The van der Waals surface area contributed by atoms with Crippen LogP contribution in [0.15, 0.2) is 54.6 Å². The van der Waals surface area contributed by atoms with Crippen LogP contribution in [0.3, 0.4) is 0 Å². The number of hydrogen-bond acceptors (Lipinski definition) is 2. The van der Waals surface area contributed by atoms with Crippen LogP contribution >= 0.6 is 0 Å². The van der Waals surface area contributed by atoms with Crippen molar-refractivity contribution in [1.29, 1.82) is 0 Å². The molecule has 0 aliphatic heterocycles. The smallest absolute Gasteiger partial charge is 0.220 e. The topological polar surface area (TPSA) is 38.3 Å². The Bertz CT molecular complexity index is 662. The molecule has 2 aromatic carbocycles. The van der Waals surface area contributed by atoms with Gasteiger partial charge in [0.05, 0.1) is 7.11 Å². The van der Waals surface area contributed by atoms with E-state index in [1.807, 2.05) is 30.3 Å². The molecule has 1 aliphatic carbocycles. The minimum atomic E-state index is 0.120. The number of methoxy groups -OCH3 is 1. The molecule has 23 heavy (non-hydrogen) atoms. The number of rotatable bonds is 7. The average molecular weight is 309 g/mol. The molecule has 0 bridgehead atoms. The molecule has 0 spiro atoms. The second-order valence-electron chi connectivity index (χ2n) is 6.27. The lowest BCUT2D eigenvalue weighted by atomic mass is 9.96. The summed E-state index contributed by atoms with van der Waals surface area (Å²) in [6, 6.07) is 18.4. The highest BCUT2D eigenvalue weighted by atomic mass is 16.5. The lowest BCUT2D eigenvalue weighted by molar-refractivity contribution is -0.121. The van der Waals surface area contributed by atoms with Gasteiger partial charge in [-0.25, -0.2) is 0 Å². The summed E-state index contributed by atoms with van der Waals surface area (Å²) in [6.07, 6.45) is 3.57. The molecule has 0 saturated heterocycles.